The molecule has 4 nitrogen and oxygen atoms in total. The van der Waals surface area contributed by atoms with Gasteiger partial charge in [0, 0.05) is 24.8 Å². The monoisotopic (exact) mass is 268 g/mol. The van der Waals surface area contributed by atoms with E-state index in [1.54, 1.807) is 0 Å². The Hall–Kier alpha value is -0.550. The smallest absolute Gasteiger partial charge is 0.191 e. The molecular weight excluding hydrogens is 244 g/mol. The third-order valence-corrected chi connectivity index (χ3v) is 4.41. The van der Waals surface area contributed by atoms with Crippen LogP contribution in [0.25, 0.3) is 0 Å². The van der Waals surface area contributed by atoms with Crippen molar-refractivity contribution in [1.29, 1.82) is 0 Å². The summed E-state index contributed by atoms with van der Waals surface area (Å²) in [6.07, 6.45) is 6.14. The first-order valence-electron chi connectivity index (χ1n) is 7.09. The van der Waals surface area contributed by atoms with Crippen LogP contribution in [-0.4, -0.2) is 33.1 Å². The Kier molecular flexibility index (Phi) is 5.50. The Balaban J connectivity index is 1.84. The highest BCUT2D eigenvalue weighted by molar-refractivity contribution is 7.99. The maximum absolute atomic E-state index is 4.34. The summed E-state index contributed by atoms with van der Waals surface area (Å²) in [5.41, 5.74) is 0. The van der Waals surface area contributed by atoms with Crippen molar-refractivity contribution in [2.75, 3.05) is 12.3 Å². The summed E-state index contributed by atoms with van der Waals surface area (Å²) < 4.78 is 2.33. The molecule has 0 radical (unpaired) electrons. The van der Waals surface area contributed by atoms with Crippen LogP contribution in [0.3, 0.4) is 0 Å². The first-order valence-corrected chi connectivity index (χ1v) is 8.08. The minimum Gasteiger partial charge on any atom is -0.315 e. The van der Waals surface area contributed by atoms with Crippen molar-refractivity contribution in [2.24, 2.45) is 0 Å². The number of hydrogen-bond donors (Lipinski definition) is 1. The van der Waals surface area contributed by atoms with Gasteiger partial charge in [-0.05, 0) is 32.7 Å². The van der Waals surface area contributed by atoms with E-state index < -0.39 is 0 Å². The molecule has 0 saturated heterocycles. The van der Waals surface area contributed by atoms with Crippen LogP contribution in [0.5, 0.6) is 0 Å². The first kappa shape index (κ1) is 13.9. The molecule has 1 aromatic heterocycles. The molecule has 18 heavy (non-hydrogen) atoms. The molecule has 0 fully saturated rings. The molecule has 0 bridgehead atoms. The number of thioether (sulfide) groups is 1. The van der Waals surface area contributed by atoms with E-state index >= 15 is 0 Å². The van der Waals surface area contributed by atoms with Gasteiger partial charge in [-0.1, -0.05) is 25.1 Å². The zero-order valence-corrected chi connectivity index (χ0v) is 12.3. The molecule has 1 aliphatic rings. The van der Waals surface area contributed by atoms with E-state index in [4.69, 9.17) is 0 Å². The number of rotatable bonds is 6. The van der Waals surface area contributed by atoms with Gasteiger partial charge >= 0.3 is 0 Å². The summed E-state index contributed by atoms with van der Waals surface area (Å²) in [6.45, 7) is 6.55. The number of aromatic nitrogens is 3. The number of nitrogens with zero attached hydrogens (tertiary/aromatic N) is 3. The quantitative estimate of drug-likeness (QED) is 0.805. The lowest BCUT2D eigenvalue weighted by molar-refractivity contribution is 0.555. The Labute approximate surface area is 114 Å². The van der Waals surface area contributed by atoms with Gasteiger partial charge in [0.05, 0.1) is 0 Å². The molecule has 0 amide bonds. The van der Waals surface area contributed by atoms with E-state index in [2.05, 4.69) is 33.9 Å². The van der Waals surface area contributed by atoms with Crippen LogP contribution in [0, 0.1) is 0 Å². The third kappa shape index (κ3) is 3.72. The number of hydrogen-bond acceptors (Lipinski definition) is 4. The maximum Gasteiger partial charge on any atom is 0.191 e. The number of fused-ring (bicyclic) bond motifs is 1. The fraction of sp³-hybridized carbons (Fsp3) is 0.846. The average Bonchev–Trinajstić information content (AvgIpc) is 2.60. The van der Waals surface area contributed by atoms with Gasteiger partial charge in [-0.25, -0.2) is 0 Å². The Bertz CT molecular complexity index is 364. The SMILES string of the molecule is CCNC(C)CCSc1nnc2n1CCCCC2. The Morgan fingerprint density at radius 1 is 1.33 bits per heavy atom. The lowest BCUT2D eigenvalue weighted by Crippen LogP contribution is -2.25. The van der Waals surface area contributed by atoms with Crippen LogP contribution in [0.4, 0.5) is 0 Å². The van der Waals surface area contributed by atoms with E-state index in [0.717, 1.165) is 30.4 Å². The zero-order valence-electron chi connectivity index (χ0n) is 11.5. The molecule has 1 unspecified atom stereocenters. The minimum atomic E-state index is 0.592. The predicted molar refractivity (Wildman–Crippen MR) is 76.1 cm³/mol. The van der Waals surface area contributed by atoms with Crippen LogP contribution in [0.15, 0.2) is 5.16 Å². The fourth-order valence-electron chi connectivity index (χ4n) is 2.34. The maximum atomic E-state index is 4.34. The zero-order chi connectivity index (χ0) is 12.8. The lowest BCUT2D eigenvalue weighted by Gasteiger charge is -2.11. The van der Waals surface area contributed by atoms with E-state index in [1.807, 2.05) is 11.8 Å². The Morgan fingerprint density at radius 3 is 3.06 bits per heavy atom. The van der Waals surface area contributed by atoms with Crippen LogP contribution in [0.2, 0.25) is 0 Å². The van der Waals surface area contributed by atoms with E-state index in [-0.39, 0.29) is 0 Å². The minimum absolute atomic E-state index is 0.592. The number of nitrogens with one attached hydrogen (secondary N) is 1. The van der Waals surface area contributed by atoms with Crippen LogP contribution in [0.1, 0.15) is 45.4 Å². The highest BCUT2D eigenvalue weighted by Gasteiger charge is 2.14. The van der Waals surface area contributed by atoms with Crippen molar-refractivity contribution in [3.63, 3.8) is 0 Å². The molecule has 2 heterocycles. The second-order valence-electron chi connectivity index (χ2n) is 4.96. The second kappa shape index (κ2) is 7.14. The van der Waals surface area contributed by atoms with Gasteiger partial charge in [0.25, 0.3) is 0 Å². The average molecular weight is 268 g/mol. The van der Waals surface area contributed by atoms with Crippen molar-refractivity contribution in [1.82, 2.24) is 20.1 Å². The summed E-state index contributed by atoms with van der Waals surface area (Å²) in [5, 5.41) is 13.2. The van der Waals surface area contributed by atoms with Crippen LogP contribution < -0.4 is 5.32 Å². The largest absolute Gasteiger partial charge is 0.315 e. The van der Waals surface area contributed by atoms with Gasteiger partial charge in [-0.2, -0.15) is 0 Å². The van der Waals surface area contributed by atoms with Gasteiger partial charge < -0.3 is 9.88 Å². The normalized spacial score (nSPS) is 17.2. The van der Waals surface area contributed by atoms with Gasteiger partial charge in [-0.3, -0.25) is 0 Å². The highest BCUT2D eigenvalue weighted by atomic mass is 32.2. The molecule has 1 aromatic rings. The standard InChI is InChI=1S/C13H24N4S/c1-3-14-11(2)8-10-18-13-16-15-12-7-5-4-6-9-17(12)13/h11,14H,3-10H2,1-2H3. The molecule has 1 N–H and O–H groups in total. The van der Waals surface area contributed by atoms with Gasteiger partial charge in [0.2, 0.25) is 0 Å². The third-order valence-electron chi connectivity index (χ3n) is 3.41. The van der Waals surface area contributed by atoms with E-state index in [0.29, 0.717) is 6.04 Å². The van der Waals surface area contributed by atoms with Crippen LogP contribution in [-0.2, 0) is 13.0 Å². The lowest BCUT2D eigenvalue weighted by atomic mass is 10.2. The first-order chi connectivity index (χ1) is 8.81. The second-order valence-corrected chi connectivity index (χ2v) is 6.02. The molecule has 5 heteroatoms. The van der Waals surface area contributed by atoms with Crippen molar-refractivity contribution in [2.45, 2.75) is 63.7 Å². The van der Waals surface area contributed by atoms with E-state index in [9.17, 15) is 0 Å². The topological polar surface area (TPSA) is 42.7 Å². The molecule has 2 rings (SSSR count). The molecule has 0 aliphatic carbocycles. The van der Waals surface area contributed by atoms with Gasteiger partial charge in [-0.15, -0.1) is 10.2 Å². The summed E-state index contributed by atoms with van der Waals surface area (Å²) in [7, 11) is 0. The summed E-state index contributed by atoms with van der Waals surface area (Å²) in [4.78, 5) is 0. The van der Waals surface area contributed by atoms with Gasteiger partial charge in [0.15, 0.2) is 5.16 Å². The predicted octanol–water partition coefficient (Wildman–Crippen LogP) is 2.48. The van der Waals surface area contributed by atoms with E-state index in [1.165, 1.54) is 31.5 Å². The van der Waals surface area contributed by atoms with Crippen molar-refractivity contribution in [3.8, 4) is 0 Å². The molecule has 1 atom stereocenters. The molecule has 1 aliphatic heterocycles. The summed E-state index contributed by atoms with van der Waals surface area (Å²) >= 11 is 1.85. The van der Waals surface area contributed by atoms with Gasteiger partial charge in [0.1, 0.15) is 5.82 Å². The molecule has 0 aromatic carbocycles. The Morgan fingerprint density at radius 2 is 2.22 bits per heavy atom. The molecular formula is C13H24N4S. The highest BCUT2D eigenvalue weighted by Crippen LogP contribution is 2.22. The van der Waals surface area contributed by atoms with Crippen LogP contribution >= 0.6 is 11.8 Å². The molecule has 0 spiro atoms. The van der Waals surface area contributed by atoms with Crippen molar-refractivity contribution >= 4 is 11.8 Å². The van der Waals surface area contributed by atoms with Crippen molar-refractivity contribution < 1.29 is 0 Å². The molecule has 102 valence electrons. The number of aryl methyl sites for hydroxylation is 1. The molecule has 0 saturated carbocycles. The fourth-order valence-corrected chi connectivity index (χ4v) is 3.45. The van der Waals surface area contributed by atoms with Crippen molar-refractivity contribution in [3.05, 3.63) is 5.82 Å². The summed E-state index contributed by atoms with van der Waals surface area (Å²) in [5.74, 6) is 2.31. The summed E-state index contributed by atoms with van der Waals surface area (Å²) in [6, 6.07) is 0.592.